The Bertz CT molecular complexity index is 1470. The molecule has 6 atom stereocenters. The summed E-state index contributed by atoms with van der Waals surface area (Å²) in [7, 11) is 1.33. The van der Waals surface area contributed by atoms with Crippen LogP contribution in [-0.4, -0.2) is 84.3 Å². The zero-order valence-electron chi connectivity index (χ0n) is 23.5. The van der Waals surface area contributed by atoms with E-state index >= 15 is 0 Å². The van der Waals surface area contributed by atoms with Crippen molar-refractivity contribution in [3.63, 3.8) is 0 Å². The molecular weight excluding hydrogens is 635 g/mol. The zero-order valence-corrected chi connectivity index (χ0v) is 25.1. The number of benzene rings is 1. The van der Waals surface area contributed by atoms with Crippen LogP contribution in [0.15, 0.2) is 30.5 Å². The van der Waals surface area contributed by atoms with Gasteiger partial charge in [0.25, 0.3) is 0 Å². The summed E-state index contributed by atoms with van der Waals surface area (Å²) in [5, 5.41) is 40.2. The van der Waals surface area contributed by atoms with Crippen molar-refractivity contribution in [1.29, 1.82) is 0 Å². The Labute approximate surface area is 258 Å². The molecule has 0 spiro atoms. The van der Waals surface area contributed by atoms with E-state index in [1.165, 1.54) is 18.0 Å². The number of halogens is 6. The van der Waals surface area contributed by atoms with Gasteiger partial charge < -0.3 is 24.8 Å². The van der Waals surface area contributed by atoms with Gasteiger partial charge in [0, 0.05) is 31.2 Å². The molecule has 1 saturated carbocycles. The fourth-order valence-electron chi connectivity index (χ4n) is 5.62. The Hall–Kier alpha value is -2.40. The van der Waals surface area contributed by atoms with Crippen LogP contribution >= 0.6 is 23.4 Å². The van der Waals surface area contributed by atoms with Gasteiger partial charge in [-0.25, -0.2) is 26.6 Å². The van der Waals surface area contributed by atoms with Crippen molar-refractivity contribution >= 4 is 23.4 Å². The summed E-state index contributed by atoms with van der Waals surface area (Å²) in [6.45, 7) is 1.07. The maximum atomic E-state index is 14.2. The van der Waals surface area contributed by atoms with Crippen LogP contribution < -0.4 is 0 Å². The van der Waals surface area contributed by atoms with Gasteiger partial charge in [-0.3, -0.25) is 4.98 Å². The van der Waals surface area contributed by atoms with Crippen LogP contribution in [0.3, 0.4) is 0 Å². The predicted molar refractivity (Wildman–Crippen MR) is 150 cm³/mol. The Morgan fingerprint density at radius 3 is 2.43 bits per heavy atom. The first-order valence-electron chi connectivity index (χ1n) is 13.7. The lowest BCUT2D eigenvalue weighted by atomic mass is 9.79. The first-order valence-corrected chi connectivity index (χ1v) is 15.0. The maximum Gasteiger partial charge on any atom is 0.248 e. The van der Waals surface area contributed by atoms with E-state index in [9.17, 15) is 37.3 Å². The van der Waals surface area contributed by atoms with Crippen LogP contribution in [0.2, 0.25) is 5.02 Å². The maximum absolute atomic E-state index is 14.2. The molecule has 0 bridgehead atoms. The van der Waals surface area contributed by atoms with Gasteiger partial charge in [-0.2, -0.15) is 0 Å². The molecule has 2 aliphatic rings. The van der Waals surface area contributed by atoms with E-state index in [0.29, 0.717) is 5.69 Å². The minimum absolute atomic E-state index is 0.0489. The molecule has 2 aromatic heterocycles. The number of aliphatic hydroxyl groups is 3. The lowest BCUT2D eigenvalue weighted by Crippen LogP contribution is -2.56. The van der Waals surface area contributed by atoms with Gasteiger partial charge in [-0.05, 0) is 44.0 Å². The molecule has 3 heterocycles. The fourth-order valence-corrected chi connectivity index (χ4v) is 7.59. The third kappa shape index (κ3) is 6.46. The van der Waals surface area contributed by atoms with Crippen molar-refractivity contribution in [2.75, 3.05) is 13.7 Å². The Morgan fingerprint density at radius 2 is 1.82 bits per heavy atom. The van der Waals surface area contributed by atoms with Crippen molar-refractivity contribution in [1.82, 2.24) is 20.0 Å². The summed E-state index contributed by atoms with van der Waals surface area (Å²) < 4.78 is 82.6. The number of nitrogens with zero attached hydrogens (tertiary/aromatic N) is 4. The highest BCUT2D eigenvalue weighted by atomic mass is 35.5. The number of aryl methyl sites for hydroxylation is 1. The van der Waals surface area contributed by atoms with Crippen LogP contribution in [0.25, 0.3) is 11.3 Å². The average molecular weight is 665 g/mol. The third-order valence-corrected chi connectivity index (χ3v) is 9.96. The number of hydrogen-bond acceptors (Lipinski definition) is 9. The highest BCUT2D eigenvalue weighted by Crippen LogP contribution is 2.53. The van der Waals surface area contributed by atoms with Crippen LogP contribution in [0.4, 0.5) is 22.0 Å². The SMILES string of the molecule is CO[C@@H]1[C@@H](n2cc(-c3cc(F)c(F)c(F)c3)nn2)[C@@H](O)[C@@H](CO)O[C@H]1S[C@H](c1nc(C)ccc1Cl)C1(O)CCC(F)(F)CC1. The first-order chi connectivity index (χ1) is 20.8. The van der Waals surface area contributed by atoms with E-state index in [-0.39, 0.29) is 34.8 Å². The number of ether oxygens (including phenoxy) is 2. The predicted octanol–water partition coefficient (Wildman–Crippen LogP) is 4.77. The summed E-state index contributed by atoms with van der Waals surface area (Å²) >= 11 is 7.52. The van der Waals surface area contributed by atoms with Crippen LogP contribution in [0.1, 0.15) is 48.4 Å². The molecule has 0 radical (unpaired) electrons. The van der Waals surface area contributed by atoms with Gasteiger partial charge in [0.15, 0.2) is 17.5 Å². The second-order valence-corrected chi connectivity index (χ2v) is 12.7. The summed E-state index contributed by atoms with van der Waals surface area (Å²) in [4.78, 5) is 4.52. The number of hydrogen-bond donors (Lipinski definition) is 3. The molecule has 1 aliphatic carbocycles. The summed E-state index contributed by atoms with van der Waals surface area (Å²) in [6, 6.07) is 3.63. The Morgan fingerprint density at radius 1 is 1.16 bits per heavy atom. The van der Waals surface area contributed by atoms with Crippen LogP contribution in [0.5, 0.6) is 0 Å². The Kier molecular flexibility index (Phi) is 9.57. The largest absolute Gasteiger partial charge is 0.394 e. The van der Waals surface area contributed by atoms with Gasteiger partial charge in [0.1, 0.15) is 35.5 Å². The topological polar surface area (TPSA) is 123 Å². The molecule has 240 valence electrons. The Balaban J connectivity index is 1.52. The standard InChI is InChI=1S/C28H30ClF5N4O5S/c1-13-3-4-15(29)21(35-13)25(27(41)5-7-28(33,34)8-6-27)44-26-24(42-2)22(23(40)19(12-39)43-26)38-11-18(36-37-38)14-9-16(30)20(32)17(31)10-14/h3-4,9-11,19,22-26,39-41H,5-8,12H2,1-2H3/t19-,22+,23+,24-,25-,26+/m1/s1. The highest BCUT2D eigenvalue weighted by Gasteiger charge is 2.53. The van der Waals surface area contributed by atoms with Crippen LogP contribution in [-0.2, 0) is 9.47 Å². The number of aromatic nitrogens is 4. The van der Waals surface area contributed by atoms with E-state index in [0.717, 1.165) is 23.9 Å². The summed E-state index contributed by atoms with van der Waals surface area (Å²) in [6.07, 6.45) is -4.08. The van der Waals surface area contributed by atoms with Crippen molar-refractivity contribution < 1.29 is 46.7 Å². The molecule has 1 aromatic carbocycles. The lowest BCUT2D eigenvalue weighted by Gasteiger charge is -2.47. The molecule has 3 N–H and O–H groups in total. The first kappa shape index (κ1) is 33.0. The zero-order chi connectivity index (χ0) is 32.0. The number of pyridine rings is 1. The minimum Gasteiger partial charge on any atom is -0.394 e. The van der Waals surface area contributed by atoms with Crippen molar-refractivity contribution in [3.8, 4) is 11.3 Å². The molecule has 1 aliphatic heterocycles. The third-order valence-electron chi connectivity index (χ3n) is 8.06. The number of methoxy groups -OCH3 is 1. The van der Waals surface area contributed by atoms with Gasteiger partial charge in [-0.1, -0.05) is 16.8 Å². The molecule has 0 unspecified atom stereocenters. The smallest absolute Gasteiger partial charge is 0.248 e. The second-order valence-electron chi connectivity index (χ2n) is 11.0. The van der Waals surface area contributed by atoms with E-state index in [1.54, 1.807) is 19.1 Å². The second kappa shape index (κ2) is 12.8. The molecule has 16 heteroatoms. The number of thioether (sulfide) groups is 1. The quantitative estimate of drug-likeness (QED) is 0.231. The van der Waals surface area contributed by atoms with E-state index in [4.69, 9.17) is 21.1 Å². The van der Waals surface area contributed by atoms with Gasteiger partial charge in [0.05, 0.1) is 34.4 Å². The number of rotatable bonds is 8. The molecule has 44 heavy (non-hydrogen) atoms. The summed E-state index contributed by atoms with van der Waals surface area (Å²) in [5.41, 5.74) is -2.10. The molecule has 1 saturated heterocycles. The van der Waals surface area contributed by atoms with Crippen LogP contribution in [0, 0.1) is 24.4 Å². The average Bonchev–Trinajstić information content (AvgIpc) is 3.47. The minimum atomic E-state index is -2.94. The fraction of sp³-hybridized carbons (Fsp3) is 0.536. The van der Waals surface area contributed by atoms with E-state index in [1.807, 2.05) is 0 Å². The molecule has 3 aromatic rings. The van der Waals surface area contributed by atoms with Gasteiger partial charge in [0.2, 0.25) is 5.92 Å². The van der Waals surface area contributed by atoms with Crippen molar-refractivity contribution in [2.45, 2.75) is 79.2 Å². The van der Waals surface area contributed by atoms with Gasteiger partial charge in [-0.15, -0.1) is 16.9 Å². The molecule has 9 nitrogen and oxygen atoms in total. The van der Waals surface area contributed by atoms with Gasteiger partial charge >= 0.3 is 0 Å². The number of aliphatic hydroxyl groups excluding tert-OH is 2. The normalized spacial score (nSPS) is 27.3. The van der Waals surface area contributed by atoms with Crippen molar-refractivity contribution in [2.24, 2.45) is 0 Å². The molecule has 5 rings (SSSR count). The highest BCUT2D eigenvalue weighted by molar-refractivity contribution is 8.00. The lowest BCUT2D eigenvalue weighted by molar-refractivity contribution is -0.186. The van der Waals surface area contributed by atoms with E-state index in [2.05, 4.69) is 15.3 Å². The van der Waals surface area contributed by atoms with Crippen molar-refractivity contribution in [3.05, 3.63) is 64.3 Å². The molecular formula is C28H30ClF5N4O5S. The number of alkyl halides is 2. The molecule has 0 amide bonds. The van der Waals surface area contributed by atoms with E-state index < -0.39 is 83.5 Å². The molecule has 2 fully saturated rings. The monoisotopic (exact) mass is 664 g/mol. The summed E-state index contributed by atoms with van der Waals surface area (Å²) in [5.74, 6) is -7.45.